The third kappa shape index (κ3) is 3.73. The summed E-state index contributed by atoms with van der Waals surface area (Å²) in [6.45, 7) is 3.87. The van der Waals surface area contributed by atoms with Crippen LogP contribution in [0.1, 0.15) is 31.5 Å². The molecule has 1 amide bonds. The zero-order chi connectivity index (χ0) is 21.3. The number of aryl methyl sites for hydroxylation is 2. The number of aromatic nitrogens is 2. The fourth-order valence-electron chi connectivity index (χ4n) is 3.58. The molecular weight excluding hydrogens is 378 g/mol. The summed E-state index contributed by atoms with van der Waals surface area (Å²) in [6, 6.07) is 12.8. The smallest absolute Gasteiger partial charge is 0.228 e. The minimum Gasteiger partial charge on any atom is -0.508 e. The summed E-state index contributed by atoms with van der Waals surface area (Å²) in [4.78, 5) is 22.4. The topological polar surface area (TPSA) is 84.3 Å². The predicted octanol–water partition coefficient (Wildman–Crippen LogP) is 4.61. The Bertz CT molecular complexity index is 1090. The van der Waals surface area contributed by atoms with E-state index >= 15 is 0 Å². The molecule has 1 heterocycles. The van der Waals surface area contributed by atoms with Crippen molar-refractivity contribution in [3.05, 3.63) is 53.7 Å². The molecule has 0 spiro atoms. The molecule has 0 aliphatic heterocycles. The lowest BCUT2D eigenvalue weighted by Crippen LogP contribution is -2.22. The second-order valence-electron chi connectivity index (χ2n) is 7.58. The van der Waals surface area contributed by atoms with E-state index in [2.05, 4.69) is 5.32 Å². The van der Waals surface area contributed by atoms with Crippen LogP contribution < -0.4 is 10.1 Å². The second-order valence-corrected chi connectivity index (χ2v) is 7.58. The van der Waals surface area contributed by atoms with Gasteiger partial charge >= 0.3 is 0 Å². The Morgan fingerprint density at radius 1 is 1.13 bits per heavy atom. The molecule has 0 fully saturated rings. The SMILES string of the molecule is CCC(C)C(=O)Nc1nc2c(nc1-c1ccc(O)cc1)-c1ccc(OC)cc1CC2. The molecule has 0 saturated carbocycles. The Hall–Kier alpha value is -3.41. The number of hydrogen-bond acceptors (Lipinski definition) is 5. The average molecular weight is 403 g/mol. The van der Waals surface area contributed by atoms with Crippen molar-refractivity contribution in [3.63, 3.8) is 0 Å². The van der Waals surface area contributed by atoms with Crippen molar-refractivity contribution in [3.8, 4) is 34.0 Å². The molecule has 4 rings (SSSR count). The highest BCUT2D eigenvalue weighted by molar-refractivity contribution is 5.95. The largest absolute Gasteiger partial charge is 0.508 e. The first kappa shape index (κ1) is 19.9. The number of nitrogens with one attached hydrogen (secondary N) is 1. The Morgan fingerprint density at radius 2 is 1.90 bits per heavy atom. The molecule has 0 bridgehead atoms. The van der Waals surface area contributed by atoms with Crippen molar-refractivity contribution >= 4 is 11.7 Å². The standard InChI is InChI=1S/C24H25N3O3/c1-4-14(2)24(29)27-23-21(15-5-8-17(28)9-6-15)26-22-19-11-10-18(30-3)13-16(19)7-12-20(22)25-23/h5-6,8-11,13-14,28H,4,7,12H2,1-3H3,(H,25,27,29). The molecule has 2 N–H and O–H groups in total. The van der Waals surface area contributed by atoms with E-state index in [-0.39, 0.29) is 17.6 Å². The number of rotatable bonds is 5. The number of carbonyl (C=O) groups excluding carboxylic acids is 1. The van der Waals surface area contributed by atoms with Crippen molar-refractivity contribution in [2.45, 2.75) is 33.1 Å². The van der Waals surface area contributed by atoms with E-state index < -0.39 is 0 Å². The van der Waals surface area contributed by atoms with Gasteiger partial charge in [0.15, 0.2) is 5.82 Å². The number of hydrogen-bond donors (Lipinski definition) is 2. The van der Waals surface area contributed by atoms with E-state index in [1.807, 2.05) is 32.0 Å². The summed E-state index contributed by atoms with van der Waals surface area (Å²) < 4.78 is 5.36. The molecule has 0 saturated heterocycles. The number of fused-ring (bicyclic) bond motifs is 3. The van der Waals surface area contributed by atoms with E-state index in [1.165, 1.54) is 5.56 Å². The second kappa shape index (κ2) is 8.14. The lowest BCUT2D eigenvalue weighted by atomic mass is 9.91. The number of aromatic hydroxyl groups is 1. The lowest BCUT2D eigenvalue weighted by Gasteiger charge is -2.22. The van der Waals surface area contributed by atoms with E-state index in [4.69, 9.17) is 14.7 Å². The van der Waals surface area contributed by atoms with Gasteiger partial charge in [-0.05, 0) is 67.3 Å². The maximum absolute atomic E-state index is 12.6. The summed E-state index contributed by atoms with van der Waals surface area (Å²) in [7, 11) is 1.66. The Labute approximate surface area is 176 Å². The third-order valence-corrected chi connectivity index (χ3v) is 5.61. The third-order valence-electron chi connectivity index (χ3n) is 5.61. The number of methoxy groups -OCH3 is 1. The minimum atomic E-state index is -0.122. The maximum atomic E-state index is 12.6. The Morgan fingerprint density at radius 3 is 2.60 bits per heavy atom. The Kier molecular flexibility index (Phi) is 5.40. The van der Waals surface area contributed by atoms with Crippen LogP contribution >= 0.6 is 0 Å². The van der Waals surface area contributed by atoms with Gasteiger partial charge in [-0.3, -0.25) is 4.79 Å². The summed E-state index contributed by atoms with van der Waals surface area (Å²) in [5.74, 6) is 1.26. The van der Waals surface area contributed by atoms with Crippen LogP contribution in [-0.2, 0) is 17.6 Å². The van der Waals surface area contributed by atoms with Crippen molar-refractivity contribution in [1.82, 2.24) is 9.97 Å². The molecule has 1 aromatic heterocycles. The van der Waals surface area contributed by atoms with Crippen LogP contribution in [0.25, 0.3) is 22.5 Å². The molecule has 154 valence electrons. The van der Waals surface area contributed by atoms with Crippen molar-refractivity contribution < 1.29 is 14.6 Å². The molecule has 3 aromatic rings. The normalized spacial score (nSPS) is 13.2. The highest BCUT2D eigenvalue weighted by Gasteiger charge is 2.24. The summed E-state index contributed by atoms with van der Waals surface area (Å²) in [5.41, 5.74) is 5.27. The molecule has 30 heavy (non-hydrogen) atoms. The Balaban J connectivity index is 1.85. The van der Waals surface area contributed by atoms with Gasteiger partial charge in [0.2, 0.25) is 5.91 Å². The molecule has 1 aliphatic rings. The van der Waals surface area contributed by atoms with Gasteiger partial charge in [0.25, 0.3) is 0 Å². The monoisotopic (exact) mass is 403 g/mol. The zero-order valence-electron chi connectivity index (χ0n) is 17.4. The molecule has 1 aliphatic carbocycles. The van der Waals surface area contributed by atoms with E-state index in [9.17, 15) is 9.90 Å². The molecular formula is C24H25N3O3. The first-order valence-corrected chi connectivity index (χ1v) is 10.2. The number of phenols is 1. The van der Waals surface area contributed by atoms with Crippen LogP contribution in [-0.4, -0.2) is 28.1 Å². The van der Waals surface area contributed by atoms with Crippen LogP contribution in [0.3, 0.4) is 0 Å². The van der Waals surface area contributed by atoms with Crippen molar-refractivity contribution in [1.29, 1.82) is 0 Å². The number of ether oxygens (including phenoxy) is 1. The van der Waals surface area contributed by atoms with Crippen LogP contribution in [0, 0.1) is 5.92 Å². The summed E-state index contributed by atoms with van der Waals surface area (Å²) in [6.07, 6.45) is 2.32. The van der Waals surface area contributed by atoms with Gasteiger partial charge in [-0.1, -0.05) is 13.8 Å². The van der Waals surface area contributed by atoms with Gasteiger partial charge in [-0.25, -0.2) is 9.97 Å². The van der Waals surface area contributed by atoms with Gasteiger partial charge < -0.3 is 15.2 Å². The molecule has 1 atom stereocenters. The number of amides is 1. The highest BCUT2D eigenvalue weighted by atomic mass is 16.5. The van der Waals surface area contributed by atoms with E-state index in [1.54, 1.807) is 31.4 Å². The molecule has 0 radical (unpaired) electrons. The highest BCUT2D eigenvalue weighted by Crippen LogP contribution is 2.37. The number of nitrogens with zero attached hydrogens (tertiary/aromatic N) is 2. The fraction of sp³-hybridized carbons (Fsp3) is 0.292. The van der Waals surface area contributed by atoms with Gasteiger partial charge in [0, 0.05) is 17.0 Å². The first-order chi connectivity index (χ1) is 14.5. The number of benzene rings is 2. The lowest BCUT2D eigenvalue weighted by molar-refractivity contribution is -0.119. The van der Waals surface area contributed by atoms with Gasteiger partial charge in [0.05, 0.1) is 18.5 Å². The fourth-order valence-corrected chi connectivity index (χ4v) is 3.58. The maximum Gasteiger partial charge on any atom is 0.228 e. The van der Waals surface area contributed by atoms with Crippen molar-refractivity contribution in [2.75, 3.05) is 12.4 Å². The quantitative estimate of drug-likeness (QED) is 0.650. The summed E-state index contributed by atoms with van der Waals surface area (Å²) in [5, 5.41) is 12.6. The van der Waals surface area contributed by atoms with Gasteiger partial charge in [-0.15, -0.1) is 0 Å². The number of carbonyl (C=O) groups is 1. The van der Waals surface area contributed by atoms with E-state index in [0.29, 0.717) is 11.5 Å². The van der Waals surface area contributed by atoms with Crippen LogP contribution in [0.15, 0.2) is 42.5 Å². The van der Waals surface area contributed by atoms with Crippen LogP contribution in [0.2, 0.25) is 0 Å². The number of phenolic OH excluding ortho intramolecular Hbond substituents is 1. The van der Waals surface area contributed by atoms with Crippen LogP contribution in [0.5, 0.6) is 11.5 Å². The molecule has 1 unspecified atom stereocenters. The number of anilines is 1. The molecule has 6 nitrogen and oxygen atoms in total. The van der Waals surface area contributed by atoms with Crippen molar-refractivity contribution in [2.24, 2.45) is 5.92 Å². The minimum absolute atomic E-state index is 0.0762. The van der Waals surface area contributed by atoms with Crippen LogP contribution in [0.4, 0.5) is 5.82 Å². The van der Waals surface area contributed by atoms with E-state index in [0.717, 1.165) is 47.5 Å². The van der Waals surface area contributed by atoms with Gasteiger partial charge in [-0.2, -0.15) is 0 Å². The first-order valence-electron chi connectivity index (χ1n) is 10.2. The predicted molar refractivity (Wildman–Crippen MR) is 117 cm³/mol. The molecule has 6 heteroatoms. The summed E-state index contributed by atoms with van der Waals surface area (Å²) >= 11 is 0. The zero-order valence-corrected chi connectivity index (χ0v) is 17.4. The molecule has 2 aromatic carbocycles. The van der Waals surface area contributed by atoms with Gasteiger partial charge in [0.1, 0.15) is 17.2 Å². The average Bonchev–Trinajstić information content (AvgIpc) is 2.78.